The summed E-state index contributed by atoms with van der Waals surface area (Å²) in [5, 5.41) is 0. The highest BCUT2D eigenvalue weighted by Crippen LogP contribution is 2.29. The largest absolute Gasteiger partial charge is 0.465 e. The van der Waals surface area contributed by atoms with Gasteiger partial charge in [0.25, 0.3) is 5.91 Å². The van der Waals surface area contributed by atoms with E-state index in [4.69, 9.17) is 4.74 Å². The zero-order valence-corrected chi connectivity index (χ0v) is 17.0. The van der Waals surface area contributed by atoms with Crippen LogP contribution in [-0.2, 0) is 10.9 Å². The number of esters is 1. The highest BCUT2D eigenvalue weighted by atomic mass is 19.4. The zero-order chi connectivity index (χ0) is 22.1. The number of hydrogen-bond acceptors (Lipinski definition) is 5. The lowest BCUT2D eigenvalue weighted by Gasteiger charge is -2.23. The first-order valence-corrected chi connectivity index (χ1v) is 9.48. The number of aromatic nitrogens is 2. The number of H-pyrrole nitrogens is 1. The fraction of sp³-hybridized carbons (Fsp3) is 0.450. The number of carbonyl (C=O) groups excluding carboxylic acids is 2. The Morgan fingerprint density at radius 3 is 2.47 bits per heavy atom. The number of ether oxygens (including phenoxy) is 1. The van der Waals surface area contributed by atoms with Crippen molar-refractivity contribution >= 4 is 17.7 Å². The molecule has 0 bridgehead atoms. The first kappa shape index (κ1) is 21.7. The van der Waals surface area contributed by atoms with Gasteiger partial charge in [-0.05, 0) is 38.0 Å². The number of pyridine rings is 1. The van der Waals surface area contributed by atoms with Gasteiger partial charge in [0.05, 0.1) is 18.2 Å². The van der Waals surface area contributed by atoms with Crippen molar-refractivity contribution < 1.29 is 27.5 Å². The summed E-state index contributed by atoms with van der Waals surface area (Å²) in [6.45, 7) is 5.27. The number of nitrogens with one attached hydrogen (secondary N) is 1. The molecule has 0 aromatic carbocycles. The van der Waals surface area contributed by atoms with E-state index in [0.29, 0.717) is 60.9 Å². The second-order valence-corrected chi connectivity index (χ2v) is 7.15. The van der Waals surface area contributed by atoms with Crippen LogP contribution in [0.15, 0.2) is 18.3 Å². The molecule has 30 heavy (non-hydrogen) atoms. The number of amides is 1. The minimum atomic E-state index is -4.43. The number of aromatic amines is 1. The minimum absolute atomic E-state index is 0.229. The van der Waals surface area contributed by atoms with Gasteiger partial charge in [0.1, 0.15) is 11.5 Å². The lowest BCUT2D eigenvalue weighted by molar-refractivity contribution is -0.137. The van der Waals surface area contributed by atoms with Gasteiger partial charge in [-0.25, -0.2) is 9.78 Å². The van der Waals surface area contributed by atoms with Crippen LogP contribution in [0.1, 0.15) is 44.1 Å². The molecule has 0 spiro atoms. The number of anilines is 1. The maximum Gasteiger partial charge on any atom is 0.417 e. The predicted molar refractivity (Wildman–Crippen MR) is 104 cm³/mol. The van der Waals surface area contributed by atoms with Gasteiger partial charge in [-0.15, -0.1) is 0 Å². The molecule has 1 fully saturated rings. The lowest BCUT2D eigenvalue weighted by Crippen LogP contribution is -2.36. The van der Waals surface area contributed by atoms with E-state index in [2.05, 4.69) is 9.97 Å². The molecule has 2 aromatic rings. The summed E-state index contributed by atoms with van der Waals surface area (Å²) in [5.41, 5.74) is 1.00. The van der Waals surface area contributed by atoms with Crippen LogP contribution in [0.5, 0.6) is 0 Å². The molecule has 162 valence electrons. The van der Waals surface area contributed by atoms with Crippen LogP contribution in [0.4, 0.5) is 19.0 Å². The van der Waals surface area contributed by atoms with Crippen molar-refractivity contribution in [3.05, 3.63) is 46.4 Å². The third kappa shape index (κ3) is 4.27. The molecule has 10 heteroatoms. The van der Waals surface area contributed by atoms with E-state index in [1.54, 1.807) is 18.7 Å². The number of methoxy groups -OCH3 is 1. The molecule has 0 saturated carbocycles. The second kappa shape index (κ2) is 8.37. The average Bonchev–Trinajstić information content (AvgIpc) is 2.87. The number of nitrogens with zero attached hydrogens (tertiary/aromatic N) is 3. The van der Waals surface area contributed by atoms with Crippen molar-refractivity contribution in [1.29, 1.82) is 0 Å². The summed E-state index contributed by atoms with van der Waals surface area (Å²) >= 11 is 0. The van der Waals surface area contributed by atoms with Crippen LogP contribution >= 0.6 is 0 Å². The van der Waals surface area contributed by atoms with Crippen LogP contribution in [0.25, 0.3) is 0 Å². The number of halogens is 3. The van der Waals surface area contributed by atoms with E-state index in [-0.39, 0.29) is 5.91 Å². The van der Waals surface area contributed by atoms with Gasteiger partial charge in [-0.3, -0.25) is 4.79 Å². The first-order chi connectivity index (χ1) is 14.1. The van der Waals surface area contributed by atoms with Crippen molar-refractivity contribution in [1.82, 2.24) is 14.9 Å². The summed E-state index contributed by atoms with van der Waals surface area (Å²) in [4.78, 5) is 35.4. The van der Waals surface area contributed by atoms with Crippen LogP contribution < -0.4 is 4.90 Å². The van der Waals surface area contributed by atoms with Crippen molar-refractivity contribution in [2.75, 3.05) is 38.2 Å². The van der Waals surface area contributed by atoms with Gasteiger partial charge in [-0.2, -0.15) is 13.2 Å². The van der Waals surface area contributed by atoms with Crippen LogP contribution in [0, 0.1) is 13.8 Å². The summed E-state index contributed by atoms with van der Waals surface area (Å²) in [7, 11) is 1.29. The van der Waals surface area contributed by atoms with Crippen molar-refractivity contribution in [3.63, 3.8) is 0 Å². The molecule has 1 aliphatic rings. The van der Waals surface area contributed by atoms with Crippen LogP contribution in [-0.4, -0.2) is 60.0 Å². The monoisotopic (exact) mass is 424 g/mol. The zero-order valence-electron chi connectivity index (χ0n) is 17.0. The third-order valence-electron chi connectivity index (χ3n) is 5.22. The Morgan fingerprint density at radius 1 is 1.13 bits per heavy atom. The molecular formula is C20H23F3N4O3. The predicted octanol–water partition coefficient (Wildman–Crippen LogP) is 3.18. The maximum atomic E-state index is 13.0. The lowest BCUT2D eigenvalue weighted by atomic mass is 10.1. The van der Waals surface area contributed by atoms with Gasteiger partial charge in [0, 0.05) is 38.1 Å². The van der Waals surface area contributed by atoms with Gasteiger partial charge >= 0.3 is 12.1 Å². The third-order valence-corrected chi connectivity index (χ3v) is 5.22. The van der Waals surface area contributed by atoms with Gasteiger partial charge in [0.15, 0.2) is 0 Å². The van der Waals surface area contributed by atoms with Gasteiger partial charge < -0.3 is 19.5 Å². The Hall–Kier alpha value is -3.04. The smallest absolute Gasteiger partial charge is 0.417 e. The molecule has 3 rings (SSSR count). The average molecular weight is 424 g/mol. The van der Waals surface area contributed by atoms with Crippen LogP contribution in [0.2, 0.25) is 0 Å². The van der Waals surface area contributed by atoms with E-state index in [1.807, 2.05) is 4.90 Å². The summed E-state index contributed by atoms with van der Waals surface area (Å²) in [5.74, 6) is -0.291. The minimum Gasteiger partial charge on any atom is -0.465 e. The number of hydrogen-bond donors (Lipinski definition) is 1. The molecule has 2 aromatic heterocycles. The Labute approximate surface area is 171 Å². The standard InChI is InChI=1S/C20H23F3N4O3/c1-12-16(19(29)30-3)13(2)25-17(12)18(28)27-8-4-7-26(9-10-27)15-6-5-14(11-24-15)20(21,22)23/h5-6,11,25H,4,7-10H2,1-3H3. The normalized spacial score (nSPS) is 15.1. The van der Waals surface area contributed by atoms with Crippen LogP contribution in [0.3, 0.4) is 0 Å². The highest BCUT2D eigenvalue weighted by molar-refractivity contribution is 6.00. The number of aryl methyl sites for hydroxylation is 1. The molecule has 3 heterocycles. The molecule has 0 radical (unpaired) electrons. The molecule has 1 amide bonds. The Kier molecular flexibility index (Phi) is 6.04. The Balaban J connectivity index is 1.72. The number of alkyl halides is 3. The molecule has 0 atom stereocenters. The molecular weight excluding hydrogens is 401 g/mol. The van der Waals surface area contributed by atoms with E-state index in [1.165, 1.54) is 13.2 Å². The fourth-order valence-electron chi connectivity index (χ4n) is 3.62. The van der Waals surface area contributed by atoms with Gasteiger partial charge in [0.2, 0.25) is 0 Å². The number of carbonyl (C=O) groups is 2. The van der Waals surface area contributed by atoms with E-state index in [9.17, 15) is 22.8 Å². The van der Waals surface area contributed by atoms with Crippen molar-refractivity contribution in [2.24, 2.45) is 0 Å². The fourth-order valence-corrected chi connectivity index (χ4v) is 3.62. The molecule has 1 N–H and O–H groups in total. The maximum absolute atomic E-state index is 13.0. The Morgan fingerprint density at radius 2 is 1.87 bits per heavy atom. The summed E-state index contributed by atoms with van der Waals surface area (Å²) in [6, 6.07) is 2.36. The quantitative estimate of drug-likeness (QED) is 0.766. The summed E-state index contributed by atoms with van der Waals surface area (Å²) in [6.07, 6.45) is -2.97. The summed E-state index contributed by atoms with van der Waals surface area (Å²) < 4.78 is 43.0. The second-order valence-electron chi connectivity index (χ2n) is 7.15. The number of rotatable bonds is 3. The van der Waals surface area contributed by atoms with E-state index >= 15 is 0 Å². The SMILES string of the molecule is COC(=O)c1c(C)[nH]c(C(=O)N2CCCN(c3ccc(C(F)(F)F)cn3)CC2)c1C. The molecule has 0 unspecified atom stereocenters. The van der Waals surface area contributed by atoms with E-state index < -0.39 is 17.7 Å². The van der Waals surface area contributed by atoms with Crippen molar-refractivity contribution in [2.45, 2.75) is 26.4 Å². The molecule has 1 saturated heterocycles. The first-order valence-electron chi connectivity index (χ1n) is 9.48. The molecule has 0 aliphatic carbocycles. The molecule has 7 nitrogen and oxygen atoms in total. The van der Waals surface area contributed by atoms with Crippen molar-refractivity contribution in [3.8, 4) is 0 Å². The molecule has 1 aliphatic heterocycles. The van der Waals surface area contributed by atoms with E-state index in [0.717, 1.165) is 12.3 Å². The topological polar surface area (TPSA) is 78.5 Å². The Bertz CT molecular complexity index is 938. The van der Waals surface area contributed by atoms with Gasteiger partial charge in [-0.1, -0.05) is 0 Å². The highest BCUT2D eigenvalue weighted by Gasteiger charge is 2.31.